The monoisotopic (exact) mass is 298 g/mol. The van der Waals surface area contributed by atoms with Gasteiger partial charge in [0.05, 0.1) is 11.2 Å². The molecule has 1 saturated heterocycles. The predicted molar refractivity (Wildman–Crippen MR) is 79.0 cm³/mol. The highest BCUT2D eigenvalue weighted by Gasteiger charge is 2.40. The third-order valence-corrected chi connectivity index (χ3v) is 3.71. The maximum absolute atomic E-state index is 13.5. The first-order valence-electron chi connectivity index (χ1n) is 7.23. The van der Waals surface area contributed by atoms with Crippen LogP contribution in [-0.4, -0.2) is 35.7 Å². The molecule has 21 heavy (non-hydrogen) atoms. The minimum Gasteiger partial charge on any atom is -0.367 e. The van der Waals surface area contributed by atoms with E-state index in [0.29, 0.717) is 25.2 Å². The summed E-state index contributed by atoms with van der Waals surface area (Å²) in [4.78, 5) is 2.19. The largest absolute Gasteiger partial charge is 0.367 e. The lowest BCUT2D eigenvalue weighted by Crippen LogP contribution is -2.58. The van der Waals surface area contributed by atoms with Crippen LogP contribution in [0.3, 0.4) is 0 Å². The molecule has 1 aliphatic heterocycles. The van der Waals surface area contributed by atoms with E-state index >= 15 is 0 Å². The molecule has 2 N–H and O–H groups in total. The molecule has 0 saturated carbocycles. The highest BCUT2D eigenvalue weighted by Crippen LogP contribution is 2.33. The minimum absolute atomic E-state index is 0.150. The summed E-state index contributed by atoms with van der Waals surface area (Å²) in [6.07, 6.45) is 0. The van der Waals surface area contributed by atoms with Gasteiger partial charge in [0.25, 0.3) is 0 Å². The number of ether oxygens (including phenoxy) is 1. The Hall–Kier alpha value is -1.04. The van der Waals surface area contributed by atoms with Crippen molar-refractivity contribution in [2.45, 2.75) is 44.9 Å². The average molecular weight is 298 g/mol. The number of benzene rings is 1. The van der Waals surface area contributed by atoms with Crippen LogP contribution in [0.1, 0.15) is 39.3 Å². The first-order chi connectivity index (χ1) is 9.63. The van der Waals surface area contributed by atoms with Crippen LogP contribution in [0, 0.1) is 11.6 Å². The second-order valence-electron chi connectivity index (χ2n) is 6.95. The van der Waals surface area contributed by atoms with Crippen LogP contribution in [0.2, 0.25) is 0 Å². The number of morpholine rings is 1. The average Bonchev–Trinajstić information content (AvgIpc) is 2.30. The summed E-state index contributed by atoms with van der Waals surface area (Å²) in [5.74, 6) is -1.67. The summed E-state index contributed by atoms with van der Waals surface area (Å²) in [7, 11) is 0. The number of rotatable bonds is 3. The predicted octanol–water partition coefficient (Wildman–Crippen LogP) is 2.85. The van der Waals surface area contributed by atoms with E-state index in [0.717, 1.165) is 6.07 Å². The number of nitrogens with zero attached hydrogens (tertiary/aromatic N) is 1. The van der Waals surface area contributed by atoms with Gasteiger partial charge in [-0.2, -0.15) is 0 Å². The zero-order valence-electron chi connectivity index (χ0n) is 13.1. The Morgan fingerprint density at radius 3 is 2.19 bits per heavy atom. The lowest BCUT2D eigenvalue weighted by molar-refractivity contribution is -0.187. The molecule has 5 heteroatoms. The topological polar surface area (TPSA) is 38.5 Å². The first-order valence-corrected chi connectivity index (χ1v) is 7.23. The third-order valence-electron chi connectivity index (χ3n) is 3.71. The van der Waals surface area contributed by atoms with Crippen molar-refractivity contribution in [1.82, 2.24) is 4.90 Å². The van der Waals surface area contributed by atoms with Crippen molar-refractivity contribution in [1.29, 1.82) is 0 Å². The van der Waals surface area contributed by atoms with Gasteiger partial charge in [-0.1, -0.05) is 6.07 Å². The summed E-state index contributed by atoms with van der Waals surface area (Å²) in [5.41, 5.74) is 5.98. The number of hydrogen-bond acceptors (Lipinski definition) is 3. The quantitative estimate of drug-likeness (QED) is 0.932. The summed E-state index contributed by atoms with van der Waals surface area (Å²) in [5, 5.41) is 0. The standard InChI is InChI=1S/C16H24F2N2O/c1-15(2)9-20(10-16(3,4)21-15)14(8-19)11-5-6-12(17)13(18)7-11/h5-7,14H,8-10,19H2,1-4H3. The smallest absolute Gasteiger partial charge is 0.159 e. The molecule has 0 aromatic heterocycles. The molecule has 1 aromatic carbocycles. The van der Waals surface area contributed by atoms with Crippen molar-refractivity contribution < 1.29 is 13.5 Å². The van der Waals surface area contributed by atoms with Gasteiger partial charge >= 0.3 is 0 Å². The fourth-order valence-corrected chi connectivity index (χ4v) is 3.28. The zero-order valence-corrected chi connectivity index (χ0v) is 13.1. The van der Waals surface area contributed by atoms with Crippen molar-refractivity contribution in [2.24, 2.45) is 5.73 Å². The lowest BCUT2D eigenvalue weighted by Gasteiger charge is -2.49. The van der Waals surface area contributed by atoms with E-state index in [9.17, 15) is 8.78 Å². The highest BCUT2D eigenvalue weighted by atomic mass is 19.2. The molecule has 2 rings (SSSR count). The SMILES string of the molecule is CC1(C)CN(C(CN)c2ccc(F)c(F)c2)CC(C)(C)O1. The van der Waals surface area contributed by atoms with Gasteiger partial charge in [0, 0.05) is 25.7 Å². The summed E-state index contributed by atoms with van der Waals surface area (Å²) >= 11 is 0. The fraction of sp³-hybridized carbons (Fsp3) is 0.625. The third kappa shape index (κ3) is 3.78. The van der Waals surface area contributed by atoms with Crippen molar-refractivity contribution in [2.75, 3.05) is 19.6 Å². The Labute approximate surface area is 125 Å². The van der Waals surface area contributed by atoms with Gasteiger partial charge in [-0.15, -0.1) is 0 Å². The van der Waals surface area contributed by atoms with E-state index < -0.39 is 11.6 Å². The van der Waals surface area contributed by atoms with Crippen LogP contribution in [0.25, 0.3) is 0 Å². The molecule has 0 radical (unpaired) electrons. The normalized spacial score (nSPS) is 23.0. The van der Waals surface area contributed by atoms with E-state index in [4.69, 9.17) is 10.5 Å². The van der Waals surface area contributed by atoms with Crippen LogP contribution >= 0.6 is 0 Å². The molecule has 1 fully saturated rings. The first kappa shape index (κ1) is 16.3. The lowest BCUT2D eigenvalue weighted by atomic mass is 9.95. The Morgan fingerprint density at radius 2 is 1.71 bits per heavy atom. The molecule has 118 valence electrons. The van der Waals surface area contributed by atoms with Crippen molar-refractivity contribution in [3.63, 3.8) is 0 Å². The van der Waals surface area contributed by atoms with Crippen molar-refractivity contribution in [3.8, 4) is 0 Å². The molecule has 0 spiro atoms. The molecule has 0 amide bonds. The highest BCUT2D eigenvalue weighted by molar-refractivity contribution is 5.22. The molecule has 1 aromatic rings. The Kier molecular flexibility index (Phi) is 4.38. The van der Waals surface area contributed by atoms with Crippen molar-refractivity contribution >= 4 is 0 Å². The van der Waals surface area contributed by atoms with E-state index in [1.54, 1.807) is 6.07 Å². The summed E-state index contributed by atoms with van der Waals surface area (Å²) in [6.45, 7) is 9.84. The molecule has 1 unspecified atom stereocenters. The Balaban J connectivity index is 2.29. The fourth-order valence-electron chi connectivity index (χ4n) is 3.28. The maximum atomic E-state index is 13.5. The molecule has 1 heterocycles. The Morgan fingerprint density at radius 1 is 1.14 bits per heavy atom. The van der Waals surface area contributed by atoms with Crippen LogP contribution in [0.4, 0.5) is 8.78 Å². The van der Waals surface area contributed by atoms with Crippen LogP contribution in [-0.2, 0) is 4.74 Å². The van der Waals surface area contributed by atoms with Crippen LogP contribution in [0.5, 0.6) is 0 Å². The molecule has 1 atom stereocenters. The van der Waals surface area contributed by atoms with E-state index in [1.165, 1.54) is 6.07 Å². The maximum Gasteiger partial charge on any atom is 0.159 e. The summed E-state index contributed by atoms with van der Waals surface area (Å²) < 4.78 is 32.7. The van der Waals surface area contributed by atoms with E-state index in [2.05, 4.69) is 4.90 Å². The van der Waals surface area contributed by atoms with Gasteiger partial charge in [0.2, 0.25) is 0 Å². The van der Waals surface area contributed by atoms with Crippen LogP contribution < -0.4 is 5.73 Å². The van der Waals surface area contributed by atoms with Gasteiger partial charge in [-0.25, -0.2) is 8.78 Å². The number of halogens is 2. The second-order valence-corrected chi connectivity index (χ2v) is 6.95. The molecular weight excluding hydrogens is 274 g/mol. The number of nitrogens with two attached hydrogens (primary N) is 1. The molecule has 1 aliphatic rings. The minimum atomic E-state index is -0.836. The number of hydrogen-bond donors (Lipinski definition) is 1. The molecule has 3 nitrogen and oxygen atoms in total. The van der Waals surface area contributed by atoms with Crippen molar-refractivity contribution in [3.05, 3.63) is 35.4 Å². The van der Waals surface area contributed by atoms with E-state index in [-0.39, 0.29) is 17.2 Å². The van der Waals surface area contributed by atoms with Gasteiger partial charge in [-0.05, 0) is 45.4 Å². The second kappa shape index (κ2) is 5.63. The van der Waals surface area contributed by atoms with Gasteiger partial charge < -0.3 is 10.5 Å². The van der Waals surface area contributed by atoms with Gasteiger partial charge in [0.15, 0.2) is 11.6 Å². The molecule has 0 aliphatic carbocycles. The van der Waals surface area contributed by atoms with Crippen LogP contribution in [0.15, 0.2) is 18.2 Å². The molecular formula is C16H24F2N2O. The van der Waals surface area contributed by atoms with Gasteiger partial charge in [0.1, 0.15) is 0 Å². The van der Waals surface area contributed by atoms with E-state index in [1.807, 2.05) is 27.7 Å². The summed E-state index contributed by atoms with van der Waals surface area (Å²) in [6, 6.07) is 3.85. The zero-order chi connectivity index (χ0) is 15.8. The Bertz CT molecular complexity index is 501. The molecule has 0 bridgehead atoms. The van der Waals surface area contributed by atoms with Gasteiger partial charge in [-0.3, -0.25) is 4.90 Å².